The molecule has 1 aromatic heterocycles. The average Bonchev–Trinajstić information content (AvgIpc) is 2.35. The number of nitrogens with one attached hydrogen (secondary N) is 1. The monoisotopic (exact) mass is 254 g/mol. The van der Waals surface area contributed by atoms with Crippen molar-refractivity contribution in [2.75, 3.05) is 40.8 Å². The van der Waals surface area contributed by atoms with Crippen LogP contribution >= 0.6 is 0 Å². The molecule has 0 atom stereocenters. The molecular weight excluding hydrogens is 232 g/mol. The predicted octanol–water partition coefficient (Wildman–Crippen LogP) is -0.207. The second-order valence-corrected chi connectivity index (χ2v) is 4.34. The Balaban J connectivity index is 2.28. The Labute approximate surface area is 108 Å². The Bertz CT molecular complexity index is 403. The number of nitrogens with zero attached hydrogens (tertiary/aromatic N) is 3. The van der Waals surface area contributed by atoms with E-state index in [2.05, 4.69) is 29.4 Å². The van der Waals surface area contributed by atoms with E-state index < -0.39 is 0 Å². The second-order valence-electron chi connectivity index (χ2n) is 4.34. The van der Waals surface area contributed by atoms with Gasteiger partial charge in [0.2, 0.25) is 5.88 Å². The van der Waals surface area contributed by atoms with E-state index in [1.165, 1.54) is 17.9 Å². The molecule has 1 heterocycles. The minimum absolute atomic E-state index is 0.106. The zero-order chi connectivity index (χ0) is 13.4. The Morgan fingerprint density at radius 2 is 2.17 bits per heavy atom. The highest BCUT2D eigenvalue weighted by atomic mass is 16.5. The fourth-order valence-electron chi connectivity index (χ4n) is 1.53. The van der Waals surface area contributed by atoms with Crippen LogP contribution in [0.1, 0.15) is 6.42 Å². The molecule has 0 aliphatic carbocycles. The topological polar surface area (TPSA) is 59.4 Å². The van der Waals surface area contributed by atoms with Gasteiger partial charge in [-0.2, -0.15) is 0 Å². The second kappa shape index (κ2) is 7.84. The van der Waals surface area contributed by atoms with Crippen molar-refractivity contribution in [1.82, 2.24) is 20.0 Å². The Morgan fingerprint density at radius 1 is 1.39 bits per heavy atom. The molecule has 0 unspecified atom stereocenters. The average molecular weight is 254 g/mol. The molecule has 1 rings (SSSR count). The molecule has 0 aliphatic rings. The molecule has 0 saturated carbocycles. The van der Waals surface area contributed by atoms with E-state index in [0.29, 0.717) is 12.4 Å². The van der Waals surface area contributed by atoms with Crippen LogP contribution in [0.5, 0.6) is 5.88 Å². The van der Waals surface area contributed by atoms with Crippen molar-refractivity contribution in [3.8, 4) is 5.88 Å². The van der Waals surface area contributed by atoms with Gasteiger partial charge in [0.25, 0.3) is 5.56 Å². The maximum absolute atomic E-state index is 11.5. The van der Waals surface area contributed by atoms with Crippen LogP contribution < -0.4 is 15.6 Å². The number of rotatable bonds is 8. The summed E-state index contributed by atoms with van der Waals surface area (Å²) in [5.74, 6) is 0.460. The fraction of sp³-hybridized carbons (Fsp3) is 0.667. The Kier molecular flexibility index (Phi) is 6.38. The highest BCUT2D eigenvalue weighted by Gasteiger charge is 1.99. The van der Waals surface area contributed by atoms with Gasteiger partial charge >= 0.3 is 0 Å². The zero-order valence-electron chi connectivity index (χ0n) is 11.3. The van der Waals surface area contributed by atoms with E-state index in [-0.39, 0.29) is 5.56 Å². The lowest BCUT2D eigenvalue weighted by Crippen LogP contribution is -2.29. The number of methoxy groups -OCH3 is 1. The van der Waals surface area contributed by atoms with Gasteiger partial charge in [-0.1, -0.05) is 0 Å². The van der Waals surface area contributed by atoms with Crippen LogP contribution in [0.25, 0.3) is 0 Å². The lowest BCUT2D eigenvalue weighted by molar-refractivity contribution is 0.371. The summed E-state index contributed by atoms with van der Waals surface area (Å²) in [6.45, 7) is 3.28. The molecule has 1 N–H and O–H groups in total. The van der Waals surface area contributed by atoms with Gasteiger partial charge in [-0.3, -0.25) is 4.79 Å². The Morgan fingerprint density at radius 3 is 2.83 bits per heavy atom. The molecule has 0 spiro atoms. The van der Waals surface area contributed by atoms with Gasteiger partial charge in [0.15, 0.2) is 0 Å². The van der Waals surface area contributed by atoms with Gasteiger partial charge in [0, 0.05) is 18.7 Å². The summed E-state index contributed by atoms with van der Waals surface area (Å²) < 4.78 is 6.40. The summed E-state index contributed by atoms with van der Waals surface area (Å²) in [6.07, 6.45) is 1.09. The standard InChI is InChI=1S/C12H22N4O2/c1-15(2)9-4-7-13-8-10-16-12(17)6-5-11(14-16)18-3/h5-6,13H,4,7-10H2,1-3H3. The summed E-state index contributed by atoms with van der Waals surface area (Å²) in [5.41, 5.74) is -0.106. The molecule has 0 aliphatic heterocycles. The summed E-state index contributed by atoms with van der Waals surface area (Å²) in [4.78, 5) is 13.7. The van der Waals surface area contributed by atoms with Crippen molar-refractivity contribution in [1.29, 1.82) is 0 Å². The van der Waals surface area contributed by atoms with Gasteiger partial charge in [-0.15, -0.1) is 5.10 Å². The number of hydrogen-bond donors (Lipinski definition) is 1. The summed E-state index contributed by atoms with van der Waals surface area (Å²) in [7, 11) is 5.65. The predicted molar refractivity (Wildman–Crippen MR) is 71.1 cm³/mol. The molecule has 6 heteroatoms. The molecule has 0 fully saturated rings. The van der Waals surface area contributed by atoms with Crippen molar-refractivity contribution in [3.05, 3.63) is 22.5 Å². The molecule has 0 bridgehead atoms. The van der Waals surface area contributed by atoms with Crippen LogP contribution in [0, 0.1) is 0 Å². The number of ether oxygens (including phenoxy) is 1. The highest BCUT2D eigenvalue weighted by Crippen LogP contribution is 1.98. The van der Waals surface area contributed by atoms with E-state index in [1.807, 2.05) is 0 Å². The summed E-state index contributed by atoms with van der Waals surface area (Å²) in [6, 6.07) is 3.04. The number of aromatic nitrogens is 2. The van der Waals surface area contributed by atoms with Gasteiger partial charge in [0.1, 0.15) is 0 Å². The first-order valence-electron chi connectivity index (χ1n) is 6.11. The van der Waals surface area contributed by atoms with Crippen LogP contribution in [-0.2, 0) is 6.54 Å². The van der Waals surface area contributed by atoms with Gasteiger partial charge in [-0.25, -0.2) is 4.68 Å². The van der Waals surface area contributed by atoms with E-state index in [4.69, 9.17) is 4.74 Å². The summed E-state index contributed by atoms with van der Waals surface area (Å²) >= 11 is 0. The summed E-state index contributed by atoms with van der Waals surface area (Å²) in [5, 5.41) is 7.36. The molecule has 0 amide bonds. The molecule has 1 aromatic rings. The van der Waals surface area contributed by atoms with Gasteiger partial charge < -0.3 is 15.0 Å². The Hall–Kier alpha value is -1.40. The maximum atomic E-state index is 11.5. The molecule has 0 aromatic carbocycles. The van der Waals surface area contributed by atoms with Crippen molar-refractivity contribution in [2.45, 2.75) is 13.0 Å². The normalized spacial score (nSPS) is 10.9. The van der Waals surface area contributed by atoms with Gasteiger partial charge in [-0.05, 0) is 33.6 Å². The molecule has 102 valence electrons. The van der Waals surface area contributed by atoms with Crippen LogP contribution in [0.15, 0.2) is 16.9 Å². The molecular formula is C12H22N4O2. The minimum atomic E-state index is -0.106. The first kappa shape index (κ1) is 14.7. The lowest BCUT2D eigenvalue weighted by Gasteiger charge is -2.10. The fourth-order valence-corrected chi connectivity index (χ4v) is 1.53. The van der Waals surface area contributed by atoms with Crippen molar-refractivity contribution >= 4 is 0 Å². The van der Waals surface area contributed by atoms with Crippen LogP contribution in [0.2, 0.25) is 0 Å². The van der Waals surface area contributed by atoms with Crippen molar-refractivity contribution < 1.29 is 4.74 Å². The zero-order valence-corrected chi connectivity index (χ0v) is 11.3. The third-order valence-corrected chi connectivity index (χ3v) is 2.51. The minimum Gasteiger partial charge on any atom is -0.480 e. The molecule has 0 radical (unpaired) electrons. The van der Waals surface area contributed by atoms with Crippen molar-refractivity contribution in [3.63, 3.8) is 0 Å². The van der Waals surface area contributed by atoms with Gasteiger partial charge in [0.05, 0.1) is 13.7 Å². The highest BCUT2D eigenvalue weighted by molar-refractivity contribution is 5.05. The van der Waals surface area contributed by atoms with E-state index in [0.717, 1.165) is 26.1 Å². The molecule has 6 nitrogen and oxygen atoms in total. The van der Waals surface area contributed by atoms with E-state index in [1.54, 1.807) is 6.07 Å². The van der Waals surface area contributed by atoms with E-state index in [9.17, 15) is 4.79 Å². The molecule has 18 heavy (non-hydrogen) atoms. The SMILES string of the molecule is COc1ccc(=O)n(CCNCCCN(C)C)n1. The van der Waals surface area contributed by atoms with Crippen LogP contribution in [0.3, 0.4) is 0 Å². The quantitative estimate of drug-likeness (QED) is 0.651. The van der Waals surface area contributed by atoms with E-state index >= 15 is 0 Å². The third kappa shape index (κ3) is 5.29. The van der Waals surface area contributed by atoms with Crippen LogP contribution in [-0.4, -0.2) is 55.5 Å². The number of hydrogen-bond acceptors (Lipinski definition) is 5. The largest absolute Gasteiger partial charge is 0.480 e. The third-order valence-electron chi connectivity index (χ3n) is 2.51. The smallest absolute Gasteiger partial charge is 0.267 e. The first-order chi connectivity index (χ1) is 8.63. The first-order valence-corrected chi connectivity index (χ1v) is 6.11. The maximum Gasteiger partial charge on any atom is 0.267 e. The van der Waals surface area contributed by atoms with Crippen molar-refractivity contribution in [2.24, 2.45) is 0 Å². The molecule has 0 saturated heterocycles. The van der Waals surface area contributed by atoms with Crippen LogP contribution in [0.4, 0.5) is 0 Å². The lowest BCUT2D eigenvalue weighted by atomic mass is 10.4.